The van der Waals surface area contributed by atoms with Gasteiger partial charge in [-0.2, -0.15) is 0 Å². The van der Waals surface area contributed by atoms with Gasteiger partial charge in [0.25, 0.3) is 0 Å². The highest BCUT2D eigenvalue weighted by Gasteiger charge is 2.12. The number of nitro groups is 1. The lowest BCUT2D eigenvalue weighted by atomic mass is 10.2. The van der Waals surface area contributed by atoms with E-state index in [-0.39, 0.29) is 5.82 Å². The molecule has 0 aliphatic rings. The summed E-state index contributed by atoms with van der Waals surface area (Å²) in [6.45, 7) is 0.417. The Bertz CT molecular complexity index is 519. The van der Waals surface area contributed by atoms with Gasteiger partial charge in [-0.25, -0.2) is 9.55 Å². The molecule has 88 valence electrons. The van der Waals surface area contributed by atoms with Crippen LogP contribution in [0.4, 0.5) is 5.82 Å². The van der Waals surface area contributed by atoms with E-state index >= 15 is 0 Å². The molecular formula is C11H11N3O3. The zero-order chi connectivity index (χ0) is 12.3. The Morgan fingerprint density at radius 2 is 2.12 bits per heavy atom. The normalized spacial score (nSPS) is 10.2. The molecule has 0 atom stereocenters. The second kappa shape index (κ2) is 4.65. The van der Waals surface area contributed by atoms with Crippen LogP contribution in [0, 0.1) is 10.1 Å². The van der Waals surface area contributed by atoms with Crippen molar-refractivity contribution >= 4 is 5.82 Å². The third-order valence-electron chi connectivity index (χ3n) is 2.39. The fourth-order valence-electron chi connectivity index (χ4n) is 1.52. The van der Waals surface area contributed by atoms with E-state index in [1.807, 2.05) is 24.3 Å². The molecule has 6 heteroatoms. The van der Waals surface area contributed by atoms with Crippen molar-refractivity contribution in [2.45, 2.75) is 6.54 Å². The Morgan fingerprint density at radius 3 is 2.71 bits per heavy atom. The van der Waals surface area contributed by atoms with Crippen molar-refractivity contribution in [3.63, 3.8) is 0 Å². The Morgan fingerprint density at radius 1 is 1.41 bits per heavy atom. The third-order valence-corrected chi connectivity index (χ3v) is 2.39. The average Bonchev–Trinajstić information content (AvgIpc) is 2.78. The Kier molecular flexibility index (Phi) is 3.04. The van der Waals surface area contributed by atoms with Crippen LogP contribution in [0.25, 0.3) is 0 Å². The molecule has 1 aromatic carbocycles. The van der Waals surface area contributed by atoms with Gasteiger partial charge in [0.1, 0.15) is 18.5 Å². The van der Waals surface area contributed by atoms with Crippen molar-refractivity contribution in [2.75, 3.05) is 7.11 Å². The van der Waals surface area contributed by atoms with E-state index in [1.165, 1.54) is 17.1 Å². The first kappa shape index (κ1) is 11.1. The van der Waals surface area contributed by atoms with Crippen molar-refractivity contribution in [1.82, 2.24) is 9.55 Å². The molecule has 0 spiro atoms. The van der Waals surface area contributed by atoms with Gasteiger partial charge in [-0.05, 0) is 22.6 Å². The van der Waals surface area contributed by atoms with Crippen LogP contribution in [0.1, 0.15) is 5.56 Å². The molecule has 0 bridgehead atoms. The number of benzene rings is 1. The molecule has 0 N–H and O–H groups in total. The largest absolute Gasteiger partial charge is 0.497 e. The molecule has 0 saturated carbocycles. The fourth-order valence-corrected chi connectivity index (χ4v) is 1.52. The van der Waals surface area contributed by atoms with Crippen LogP contribution in [0.3, 0.4) is 0 Å². The third kappa shape index (κ3) is 2.41. The van der Waals surface area contributed by atoms with Crippen LogP contribution >= 0.6 is 0 Å². The number of hydrogen-bond acceptors (Lipinski definition) is 4. The van der Waals surface area contributed by atoms with E-state index in [2.05, 4.69) is 4.98 Å². The molecule has 0 unspecified atom stereocenters. The second-order valence-electron chi connectivity index (χ2n) is 3.48. The van der Waals surface area contributed by atoms with E-state index in [4.69, 9.17) is 4.74 Å². The lowest BCUT2D eigenvalue weighted by Gasteiger charge is -2.03. The van der Waals surface area contributed by atoms with Crippen LogP contribution in [0.15, 0.2) is 36.8 Å². The molecule has 1 aromatic heterocycles. The summed E-state index contributed by atoms with van der Waals surface area (Å²) in [5.41, 5.74) is 0.951. The van der Waals surface area contributed by atoms with Gasteiger partial charge >= 0.3 is 5.82 Å². The highest BCUT2D eigenvalue weighted by Crippen LogP contribution is 2.15. The van der Waals surface area contributed by atoms with Gasteiger partial charge in [0, 0.05) is 0 Å². The number of rotatable bonds is 4. The first-order valence-corrected chi connectivity index (χ1v) is 4.98. The van der Waals surface area contributed by atoms with Crippen LogP contribution in [0.2, 0.25) is 0 Å². The number of nitrogens with zero attached hydrogens (tertiary/aromatic N) is 3. The summed E-state index contributed by atoms with van der Waals surface area (Å²) in [5, 5.41) is 10.7. The van der Waals surface area contributed by atoms with E-state index in [0.29, 0.717) is 6.54 Å². The molecule has 17 heavy (non-hydrogen) atoms. The highest BCUT2D eigenvalue weighted by atomic mass is 16.6. The first-order valence-electron chi connectivity index (χ1n) is 4.98. The van der Waals surface area contributed by atoms with Gasteiger partial charge < -0.3 is 14.9 Å². The maximum atomic E-state index is 10.7. The summed E-state index contributed by atoms with van der Waals surface area (Å²) in [6, 6.07) is 7.36. The van der Waals surface area contributed by atoms with Crippen molar-refractivity contribution in [1.29, 1.82) is 0 Å². The topological polar surface area (TPSA) is 70.2 Å². The number of ether oxygens (including phenoxy) is 1. The Hall–Kier alpha value is -2.37. The molecule has 6 nitrogen and oxygen atoms in total. The molecule has 0 fully saturated rings. The van der Waals surface area contributed by atoms with Gasteiger partial charge in [0.05, 0.1) is 7.11 Å². The zero-order valence-corrected chi connectivity index (χ0v) is 9.24. The SMILES string of the molecule is COc1ccc(Cn2cncc2[N+](=O)[O-])cc1. The van der Waals surface area contributed by atoms with Gasteiger partial charge in [0.2, 0.25) is 0 Å². The minimum absolute atomic E-state index is 0.0131. The van der Waals surface area contributed by atoms with Crippen molar-refractivity contribution in [2.24, 2.45) is 0 Å². The zero-order valence-electron chi connectivity index (χ0n) is 9.24. The number of hydrogen-bond donors (Lipinski definition) is 0. The minimum atomic E-state index is -0.448. The Balaban J connectivity index is 2.19. The quantitative estimate of drug-likeness (QED) is 0.596. The summed E-state index contributed by atoms with van der Waals surface area (Å²) >= 11 is 0. The molecular weight excluding hydrogens is 222 g/mol. The minimum Gasteiger partial charge on any atom is -0.497 e. The predicted molar refractivity (Wildman–Crippen MR) is 61.0 cm³/mol. The fraction of sp³-hybridized carbons (Fsp3) is 0.182. The van der Waals surface area contributed by atoms with Crippen molar-refractivity contribution in [3.8, 4) is 5.75 Å². The second-order valence-corrected chi connectivity index (χ2v) is 3.48. The molecule has 0 aliphatic carbocycles. The van der Waals surface area contributed by atoms with E-state index in [1.54, 1.807) is 7.11 Å². The van der Waals surface area contributed by atoms with Crippen molar-refractivity contribution < 1.29 is 9.66 Å². The predicted octanol–water partition coefficient (Wildman–Crippen LogP) is 1.85. The van der Waals surface area contributed by atoms with E-state index in [9.17, 15) is 10.1 Å². The molecule has 0 amide bonds. The van der Waals surface area contributed by atoms with Gasteiger partial charge in [0.15, 0.2) is 6.33 Å². The summed E-state index contributed by atoms with van der Waals surface area (Å²) in [6.07, 6.45) is 2.69. The van der Waals surface area contributed by atoms with E-state index in [0.717, 1.165) is 11.3 Å². The lowest BCUT2D eigenvalue weighted by Crippen LogP contribution is -2.02. The van der Waals surface area contributed by atoms with Gasteiger partial charge in [-0.1, -0.05) is 12.1 Å². The number of aromatic nitrogens is 2. The van der Waals surface area contributed by atoms with Crippen LogP contribution in [0.5, 0.6) is 5.75 Å². The standard InChI is InChI=1S/C11H11N3O3/c1-17-10-4-2-9(3-5-10)7-13-8-12-6-11(13)14(15)16/h2-6,8H,7H2,1H3. The Labute approximate surface area is 97.6 Å². The van der Waals surface area contributed by atoms with Gasteiger partial charge in [-0.15, -0.1) is 0 Å². The first-order chi connectivity index (χ1) is 8.20. The average molecular weight is 233 g/mol. The summed E-state index contributed by atoms with van der Waals surface area (Å²) in [5.74, 6) is 0.745. The van der Waals surface area contributed by atoms with Gasteiger partial charge in [-0.3, -0.25) is 0 Å². The highest BCUT2D eigenvalue weighted by molar-refractivity contribution is 5.28. The number of imidazole rings is 1. The molecule has 0 radical (unpaired) electrons. The maximum absolute atomic E-state index is 10.7. The van der Waals surface area contributed by atoms with Crippen LogP contribution in [-0.4, -0.2) is 21.6 Å². The molecule has 2 aromatic rings. The summed E-state index contributed by atoms with van der Waals surface area (Å²) in [7, 11) is 1.59. The molecule has 0 aliphatic heterocycles. The smallest absolute Gasteiger partial charge is 0.342 e. The van der Waals surface area contributed by atoms with E-state index < -0.39 is 4.92 Å². The molecule has 2 rings (SSSR count). The molecule has 1 heterocycles. The summed E-state index contributed by atoms with van der Waals surface area (Å²) in [4.78, 5) is 14.0. The monoisotopic (exact) mass is 233 g/mol. The number of methoxy groups -OCH3 is 1. The van der Waals surface area contributed by atoms with Crippen LogP contribution < -0.4 is 4.74 Å². The van der Waals surface area contributed by atoms with Crippen LogP contribution in [-0.2, 0) is 6.54 Å². The lowest BCUT2D eigenvalue weighted by molar-refractivity contribution is -0.392. The van der Waals surface area contributed by atoms with Crippen molar-refractivity contribution in [3.05, 3.63) is 52.5 Å². The summed E-state index contributed by atoms with van der Waals surface area (Å²) < 4.78 is 6.53. The maximum Gasteiger partial charge on any atom is 0.342 e. The molecule has 0 saturated heterocycles.